The predicted octanol–water partition coefficient (Wildman–Crippen LogP) is 4.54. The molecule has 2 aliphatic heterocycles. The second-order valence-electron chi connectivity index (χ2n) is 16.8. The number of hydrogen-bond acceptors (Lipinski definition) is 11. The Balaban J connectivity index is 1.34. The third-order valence-corrected chi connectivity index (χ3v) is 12.9. The van der Waals surface area contributed by atoms with E-state index >= 15 is 0 Å². The second kappa shape index (κ2) is 15.6. The fourth-order valence-electron chi connectivity index (χ4n) is 6.98. The number of aromatic nitrogens is 2. The molecule has 1 saturated heterocycles. The highest BCUT2D eigenvalue weighted by Gasteiger charge is 2.63. The average molecular weight is 823 g/mol. The van der Waals surface area contributed by atoms with Crippen LogP contribution in [0.3, 0.4) is 0 Å². The van der Waals surface area contributed by atoms with E-state index in [9.17, 15) is 40.8 Å². The number of fused-ring (bicyclic) bond motifs is 3. The lowest BCUT2D eigenvalue weighted by molar-refractivity contribution is -0.143. The summed E-state index contributed by atoms with van der Waals surface area (Å²) in [4.78, 5) is 64.6. The molecule has 312 valence electrons. The molecule has 0 bridgehead atoms. The average Bonchev–Trinajstić information content (AvgIpc) is 4.01. The van der Waals surface area contributed by atoms with Crippen molar-refractivity contribution >= 4 is 44.9 Å². The van der Waals surface area contributed by atoms with E-state index in [1.54, 1.807) is 6.08 Å². The minimum Gasteiger partial charge on any atom is -0.497 e. The first kappa shape index (κ1) is 41.9. The van der Waals surface area contributed by atoms with Gasteiger partial charge in [-0.2, -0.15) is 13.2 Å². The molecular weight excluding hydrogens is 774 g/mol. The molecular formula is C38H49F3N6O9S. The van der Waals surface area contributed by atoms with Gasteiger partial charge in [-0.15, -0.1) is 0 Å². The van der Waals surface area contributed by atoms with Crippen molar-refractivity contribution < 1.29 is 55.0 Å². The summed E-state index contributed by atoms with van der Waals surface area (Å²) < 4.78 is 86.9. The van der Waals surface area contributed by atoms with Gasteiger partial charge < -0.3 is 29.7 Å². The van der Waals surface area contributed by atoms with Gasteiger partial charge in [0.25, 0.3) is 5.91 Å². The molecule has 0 unspecified atom stereocenters. The SMILES string of the molecule is COc1ccc2nc(C(F)(F)F)c(O[C@@H]3C[C@H]4C(=O)N[C@]5(C(=O)NS(=O)(=O)C6(C)CC6)C[C@H]5/C=C\CCCCC[C@H](NC(=O)OCC(C)(C)C)C(=O)N4C3)nc2c1. The van der Waals surface area contributed by atoms with E-state index in [4.69, 9.17) is 14.2 Å². The zero-order chi connectivity index (χ0) is 41.6. The predicted molar refractivity (Wildman–Crippen MR) is 199 cm³/mol. The molecule has 19 heteroatoms. The first-order valence-corrected chi connectivity index (χ1v) is 20.5. The number of alkyl carbamates (subject to hydrolysis) is 1. The smallest absolute Gasteiger partial charge is 0.438 e. The molecule has 3 N–H and O–H groups in total. The van der Waals surface area contributed by atoms with E-state index < -0.39 is 92.5 Å². The third-order valence-electron chi connectivity index (χ3n) is 10.8. The Morgan fingerprint density at radius 3 is 2.47 bits per heavy atom. The molecule has 1 aromatic carbocycles. The van der Waals surface area contributed by atoms with Crippen molar-refractivity contribution in [2.45, 2.75) is 120 Å². The standard InChI is InChI=1S/C38H49F3N6O9S/c1-35(2,3)21-55-34(51)44-26-12-10-8-6-7-9-11-22-19-37(22,33(50)46-57(52,53)36(4)15-16-36)45-30(48)28-18-24(20-47(28)32(26)49)56-31-29(38(39,40)41)42-25-14-13-23(54-5)17-27(25)43-31/h9,11,13-14,17,22,24,26,28H,6-8,10,12,15-16,18-21H2,1-5H3,(H,44,51)(H,45,48)(H,46,50)/b11-9-/t22-,24-,26+,28+,37-/m1/s1. The number of ether oxygens (including phenoxy) is 3. The van der Waals surface area contributed by atoms with Gasteiger partial charge in [0.05, 0.1) is 36.0 Å². The topological polar surface area (TPSA) is 195 Å². The Morgan fingerprint density at radius 1 is 1.07 bits per heavy atom. The van der Waals surface area contributed by atoms with Crippen molar-refractivity contribution in [3.05, 3.63) is 36.0 Å². The number of amides is 4. The molecule has 4 aliphatic rings. The van der Waals surface area contributed by atoms with Crippen LogP contribution in [-0.4, -0.2) is 95.8 Å². The lowest BCUT2D eigenvalue weighted by atomic mass is 9.99. The first-order valence-electron chi connectivity index (χ1n) is 19.0. The van der Waals surface area contributed by atoms with E-state index in [0.717, 1.165) is 4.90 Å². The van der Waals surface area contributed by atoms with E-state index in [2.05, 4.69) is 25.3 Å². The maximum atomic E-state index is 14.5. The number of benzene rings is 1. The highest BCUT2D eigenvalue weighted by atomic mass is 32.2. The number of carbonyl (C=O) groups excluding carboxylic acids is 4. The second-order valence-corrected chi connectivity index (χ2v) is 19.0. The van der Waals surface area contributed by atoms with Crippen LogP contribution in [0.1, 0.15) is 91.2 Å². The van der Waals surface area contributed by atoms with Crippen LogP contribution in [0.15, 0.2) is 30.4 Å². The molecule has 2 aromatic rings. The van der Waals surface area contributed by atoms with Crippen molar-refractivity contribution in [1.82, 2.24) is 30.2 Å². The van der Waals surface area contributed by atoms with E-state index in [1.807, 2.05) is 26.8 Å². The molecule has 15 nitrogen and oxygen atoms in total. The summed E-state index contributed by atoms with van der Waals surface area (Å²) in [5, 5.41) is 5.34. The van der Waals surface area contributed by atoms with Crippen molar-refractivity contribution in [2.24, 2.45) is 11.3 Å². The summed E-state index contributed by atoms with van der Waals surface area (Å²) in [5.41, 5.74) is -3.53. The summed E-state index contributed by atoms with van der Waals surface area (Å²) in [5.74, 6) is -3.65. The van der Waals surface area contributed by atoms with Gasteiger partial charge in [-0.25, -0.2) is 23.2 Å². The number of halogens is 3. The first-order chi connectivity index (χ1) is 26.6. The number of nitrogens with zero attached hydrogens (tertiary/aromatic N) is 3. The van der Waals surface area contributed by atoms with Crippen molar-refractivity contribution in [3.8, 4) is 11.6 Å². The minimum absolute atomic E-state index is 0.0350. The molecule has 57 heavy (non-hydrogen) atoms. The zero-order valence-corrected chi connectivity index (χ0v) is 33.3. The third kappa shape index (κ3) is 9.39. The number of methoxy groups -OCH3 is 1. The van der Waals surface area contributed by atoms with Gasteiger partial charge >= 0.3 is 12.3 Å². The number of hydrogen-bond donors (Lipinski definition) is 3. The quantitative estimate of drug-likeness (QED) is 0.317. The maximum absolute atomic E-state index is 14.5. The Hall–Kier alpha value is -4.68. The molecule has 4 amide bonds. The molecule has 1 aromatic heterocycles. The van der Waals surface area contributed by atoms with E-state index in [-0.39, 0.29) is 42.3 Å². The number of nitrogens with one attached hydrogen (secondary N) is 3. The van der Waals surface area contributed by atoms with Gasteiger partial charge in [0.2, 0.25) is 33.4 Å². The zero-order valence-electron chi connectivity index (χ0n) is 32.5. The van der Waals surface area contributed by atoms with Gasteiger partial charge in [-0.3, -0.25) is 19.1 Å². The van der Waals surface area contributed by atoms with Crippen LogP contribution in [0.25, 0.3) is 11.0 Å². The van der Waals surface area contributed by atoms with Crippen LogP contribution < -0.4 is 24.8 Å². The van der Waals surface area contributed by atoms with E-state index in [1.165, 1.54) is 32.2 Å². The number of sulfonamides is 1. The molecule has 2 saturated carbocycles. The summed E-state index contributed by atoms with van der Waals surface area (Å²) in [6.07, 6.45) is -0.433. The summed E-state index contributed by atoms with van der Waals surface area (Å²) in [7, 11) is -2.71. The summed E-state index contributed by atoms with van der Waals surface area (Å²) >= 11 is 0. The Labute approximate surface area is 328 Å². The summed E-state index contributed by atoms with van der Waals surface area (Å²) in [6.45, 7) is 6.73. The van der Waals surface area contributed by atoms with Gasteiger partial charge in [0.1, 0.15) is 29.5 Å². The van der Waals surface area contributed by atoms with Crippen LogP contribution in [-0.2, 0) is 35.3 Å². The number of rotatable bonds is 8. The molecule has 3 heterocycles. The fourth-order valence-corrected chi connectivity index (χ4v) is 8.29. The Bertz CT molecular complexity index is 2050. The van der Waals surface area contributed by atoms with Crippen LogP contribution in [0.5, 0.6) is 11.6 Å². The minimum atomic E-state index is -5.00. The van der Waals surface area contributed by atoms with Crippen molar-refractivity contribution in [2.75, 3.05) is 20.3 Å². The van der Waals surface area contributed by atoms with Crippen LogP contribution >= 0.6 is 0 Å². The Kier molecular flexibility index (Phi) is 11.5. The largest absolute Gasteiger partial charge is 0.497 e. The van der Waals surface area contributed by atoms with Gasteiger partial charge in [-0.1, -0.05) is 45.8 Å². The molecule has 2 aliphatic carbocycles. The molecule has 5 atom stereocenters. The number of allylic oxidation sites excluding steroid dienone is 1. The molecule has 0 spiro atoms. The molecule has 0 radical (unpaired) electrons. The monoisotopic (exact) mass is 822 g/mol. The highest BCUT2D eigenvalue weighted by Crippen LogP contribution is 2.47. The molecule has 6 rings (SSSR count). The van der Waals surface area contributed by atoms with Crippen LogP contribution in [0, 0.1) is 11.3 Å². The lowest BCUT2D eigenvalue weighted by Crippen LogP contribution is -2.58. The van der Waals surface area contributed by atoms with Gasteiger partial charge in [-0.05, 0) is 63.0 Å². The van der Waals surface area contributed by atoms with Crippen molar-refractivity contribution in [1.29, 1.82) is 0 Å². The number of alkyl halides is 3. The van der Waals surface area contributed by atoms with Crippen LogP contribution in [0.4, 0.5) is 18.0 Å². The van der Waals surface area contributed by atoms with Crippen molar-refractivity contribution in [3.63, 3.8) is 0 Å². The van der Waals surface area contributed by atoms with Crippen LogP contribution in [0.2, 0.25) is 0 Å². The van der Waals surface area contributed by atoms with Gasteiger partial charge in [0, 0.05) is 18.4 Å². The fraction of sp³-hybridized carbons (Fsp3) is 0.632. The Morgan fingerprint density at radius 2 is 1.81 bits per heavy atom. The summed E-state index contributed by atoms with van der Waals surface area (Å²) in [6, 6.07) is 1.52. The van der Waals surface area contributed by atoms with E-state index in [0.29, 0.717) is 44.3 Å². The lowest BCUT2D eigenvalue weighted by Gasteiger charge is -2.30. The maximum Gasteiger partial charge on any atom is 0.438 e. The molecule has 3 fully saturated rings. The highest BCUT2D eigenvalue weighted by molar-refractivity contribution is 7.91. The normalized spacial score (nSPS) is 27.1. The van der Waals surface area contributed by atoms with Gasteiger partial charge in [0.15, 0.2) is 0 Å². The number of carbonyl (C=O) groups is 4.